The van der Waals surface area contributed by atoms with Crippen LogP contribution in [0.3, 0.4) is 0 Å². The van der Waals surface area contributed by atoms with Gasteiger partial charge in [-0.05, 0) is 47.3 Å². The van der Waals surface area contributed by atoms with Crippen LogP contribution in [0.1, 0.15) is 5.56 Å². The lowest BCUT2D eigenvalue weighted by Crippen LogP contribution is -1.96. The van der Waals surface area contributed by atoms with E-state index < -0.39 is 0 Å². The van der Waals surface area contributed by atoms with Gasteiger partial charge in [-0.15, -0.1) is 11.3 Å². The Bertz CT molecular complexity index is 1170. The lowest BCUT2D eigenvalue weighted by Gasteiger charge is -2.08. The van der Waals surface area contributed by atoms with E-state index in [0.717, 1.165) is 26.9 Å². The molecule has 0 bridgehead atoms. The van der Waals surface area contributed by atoms with E-state index in [9.17, 15) is 5.11 Å². The van der Waals surface area contributed by atoms with Crippen molar-refractivity contribution in [1.82, 2.24) is 4.98 Å². The number of hydrazone groups is 1. The molecule has 0 fully saturated rings. The van der Waals surface area contributed by atoms with Gasteiger partial charge >= 0.3 is 0 Å². The minimum atomic E-state index is 0.0607. The minimum absolute atomic E-state index is 0.0607. The predicted octanol–water partition coefficient (Wildman–Crippen LogP) is 5.78. The average molecular weight is 410 g/mol. The van der Waals surface area contributed by atoms with Crippen molar-refractivity contribution in [3.8, 4) is 22.8 Å². The largest absolute Gasteiger partial charge is 0.504 e. The van der Waals surface area contributed by atoms with Gasteiger partial charge in [-0.25, -0.2) is 4.98 Å². The van der Waals surface area contributed by atoms with Gasteiger partial charge in [0, 0.05) is 20.7 Å². The van der Waals surface area contributed by atoms with Crippen molar-refractivity contribution in [2.45, 2.75) is 0 Å². The van der Waals surface area contributed by atoms with E-state index >= 15 is 0 Å². The number of rotatable bonds is 5. The van der Waals surface area contributed by atoms with Crippen LogP contribution in [-0.4, -0.2) is 23.4 Å². The summed E-state index contributed by atoms with van der Waals surface area (Å²) in [6, 6.07) is 16.7. The highest BCUT2D eigenvalue weighted by Crippen LogP contribution is 2.34. The molecule has 0 amide bonds. The molecule has 140 valence electrons. The van der Waals surface area contributed by atoms with Crippen molar-refractivity contribution in [1.29, 1.82) is 0 Å². The lowest BCUT2D eigenvalue weighted by molar-refractivity contribution is 0.373. The number of aromatic nitrogens is 1. The van der Waals surface area contributed by atoms with Crippen LogP contribution in [-0.2, 0) is 0 Å². The Balaban J connectivity index is 1.66. The molecule has 0 aliphatic heterocycles. The molecule has 0 radical (unpaired) electrons. The highest BCUT2D eigenvalue weighted by Gasteiger charge is 2.10. The zero-order chi connectivity index (χ0) is 19.5. The Morgan fingerprint density at radius 1 is 1.18 bits per heavy atom. The standard InChI is InChI=1S/C21H16ClN3O2S/c1-27-19-7-6-13(10-18(19)26)12-23-25-21-15-8-9-28-20(15)11-17(24-21)14-4-2-3-5-16(14)22/h2-12,26H,1H3,(H,24,25). The van der Waals surface area contributed by atoms with E-state index in [0.29, 0.717) is 16.6 Å². The highest BCUT2D eigenvalue weighted by atomic mass is 35.5. The zero-order valence-electron chi connectivity index (χ0n) is 14.9. The summed E-state index contributed by atoms with van der Waals surface area (Å²) < 4.78 is 6.14. The molecular weight excluding hydrogens is 394 g/mol. The number of halogens is 1. The van der Waals surface area contributed by atoms with Crippen molar-refractivity contribution in [2.75, 3.05) is 12.5 Å². The van der Waals surface area contributed by atoms with E-state index in [1.54, 1.807) is 35.8 Å². The molecule has 2 aromatic heterocycles. The van der Waals surface area contributed by atoms with E-state index in [1.165, 1.54) is 7.11 Å². The predicted molar refractivity (Wildman–Crippen MR) is 116 cm³/mol. The number of hydrogen-bond acceptors (Lipinski definition) is 6. The van der Waals surface area contributed by atoms with E-state index in [-0.39, 0.29) is 5.75 Å². The molecule has 0 aliphatic carbocycles. The van der Waals surface area contributed by atoms with Gasteiger partial charge in [0.2, 0.25) is 0 Å². The molecule has 4 rings (SSSR count). The van der Waals surface area contributed by atoms with Crippen LogP contribution in [0.25, 0.3) is 21.3 Å². The number of phenols is 1. The molecule has 7 heteroatoms. The number of benzene rings is 2. The number of phenolic OH excluding ortho intramolecular Hbond substituents is 1. The molecule has 2 heterocycles. The topological polar surface area (TPSA) is 66.7 Å². The molecule has 0 unspecified atom stereocenters. The van der Waals surface area contributed by atoms with E-state index in [4.69, 9.17) is 21.3 Å². The molecule has 5 nitrogen and oxygen atoms in total. The number of fused-ring (bicyclic) bond motifs is 1. The van der Waals surface area contributed by atoms with Crippen LogP contribution in [0.4, 0.5) is 5.82 Å². The number of nitrogens with one attached hydrogen (secondary N) is 1. The van der Waals surface area contributed by atoms with Gasteiger partial charge in [-0.2, -0.15) is 5.10 Å². The highest BCUT2D eigenvalue weighted by molar-refractivity contribution is 7.17. The molecule has 2 N–H and O–H groups in total. The Morgan fingerprint density at radius 2 is 2.04 bits per heavy atom. The first-order valence-electron chi connectivity index (χ1n) is 8.45. The zero-order valence-corrected chi connectivity index (χ0v) is 16.5. The third-order valence-electron chi connectivity index (χ3n) is 4.19. The number of anilines is 1. The third-order valence-corrected chi connectivity index (χ3v) is 5.38. The Morgan fingerprint density at radius 3 is 2.82 bits per heavy atom. The summed E-state index contributed by atoms with van der Waals surface area (Å²) in [5, 5.41) is 17.8. The number of ether oxygens (including phenoxy) is 1. The summed E-state index contributed by atoms with van der Waals surface area (Å²) in [5.41, 5.74) is 5.39. The van der Waals surface area contributed by atoms with Crippen LogP contribution in [0.5, 0.6) is 11.5 Å². The van der Waals surface area contributed by atoms with Crippen LogP contribution in [0.2, 0.25) is 5.02 Å². The molecule has 0 spiro atoms. The first kappa shape index (κ1) is 18.3. The Labute approximate surface area is 170 Å². The van der Waals surface area contributed by atoms with Crippen molar-refractivity contribution >= 4 is 45.1 Å². The number of aromatic hydroxyl groups is 1. The lowest BCUT2D eigenvalue weighted by atomic mass is 10.1. The van der Waals surface area contributed by atoms with Crippen LogP contribution < -0.4 is 10.2 Å². The summed E-state index contributed by atoms with van der Waals surface area (Å²) in [6.45, 7) is 0. The fourth-order valence-corrected chi connectivity index (χ4v) is 3.87. The van der Waals surface area contributed by atoms with E-state index in [1.807, 2.05) is 41.8 Å². The van der Waals surface area contributed by atoms with Gasteiger partial charge in [0.15, 0.2) is 17.3 Å². The molecule has 0 aliphatic rings. The van der Waals surface area contributed by atoms with Gasteiger partial charge in [0.1, 0.15) is 0 Å². The number of thiophene rings is 1. The molecule has 0 atom stereocenters. The molecule has 28 heavy (non-hydrogen) atoms. The second-order valence-electron chi connectivity index (χ2n) is 5.97. The van der Waals surface area contributed by atoms with E-state index in [2.05, 4.69) is 10.5 Å². The molecular formula is C21H16ClN3O2S. The van der Waals surface area contributed by atoms with Gasteiger partial charge in [-0.1, -0.05) is 29.8 Å². The first-order chi connectivity index (χ1) is 13.7. The number of nitrogens with zero attached hydrogens (tertiary/aromatic N) is 2. The normalized spacial score (nSPS) is 11.2. The second kappa shape index (κ2) is 7.88. The summed E-state index contributed by atoms with van der Waals surface area (Å²) in [4.78, 5) is 4.71. The van der Waals surface area contributed by atoms with Crippen LogP contribution >= 0.6 is 22.9 Å². The molecule has 0 saturated carbocycles. The van der Waals surface area contributed by atoms with Crippen molar-refractivity contribution < 1.29 is 9.84 Å². The molecule has 0 saturated heterocycles. The van der Waals surface area contributed by atoms with Crippen LogP contribution in [0, 0.1) is 0 Å². The van der Waals surface area contributed by atoms with Crippen molar-refractivity contribution in [3.63, 3.8) is 0 Å². The summed E-state index contributed by atoms with van der Waals surface area (Å²) in [5.74, 6) is 1.12. The van der Waals surface area contributed by atoms with Crippen molar-refractivity contribution in [2.24, 2.45) is 5.10 Å². The van der Waals surface area contributed by atoms with Crippen molar-refractivity contribution in [3.05, 3.63) is 70.6 Å². The fourth-order valence-electron chi connectivity index (χ4n) is 2.81. The van der Waals surface area contributed by atoms with Gasteiger partial charge < -0.3 is 9.84 Å². The van der Waals surface area contributed by atoms with Gasteiger partial charge in [0.05, 0.1) is 19.0 Å². The maximum atomic E-state index is 9.88. The van der Waals surface area contributed by atoms with Gasteiger partial charge in [-0.3, -0.25) is 5.43 Å². The quantitative estimate of drug-likeness (QED) is 0.324. The molecule has 2 aromatic carbocycles. The summed E-state index contributed by atoms with van der Waals surface area (Å²) in [6.07, 6.45) is 1.61. The SMILES string of the molecule is COc1ccc(C=NNc2nc(-c3ccccc3Cl)cc3sccc23)cc1O. The number of methoxy groups -OCH3 is 1. The summed E-state index contributed by atoms with van der Waals surface area (Å²) >= 11 is 7.97. The van der Waals surface area contributed by atoms with Gasteiger partial charge in [0.25, 0.3) is 0 Å². The third kappa shape index (κ3) is 3.65. The maximum Gasteiger partial charge on any atom is 0.160 e. The molecule has 4 aromatic rings. The minimum Gasteiger partial charge on any atom is -0.504 e. The number of pyridine rings is 1. The summed E-state index contributed by atoms with van der Waals surface area (Å²) in [7, 11) is 1.51. The number of hydrogen-bond donors (Lipinski definition) is 2. The monoisotopic (exact) mass is 409 g/mol. The average Bonchev–Trinajstić information content (AvgIpc) is 3.17. The smallest absolute Gasteiger partial charge is 0.160 e. The van der Waals surface area contributed by atoms with Crippen LogP contribution in [0.15, 0.2) is 65.1 Å². The maximum absolute atomic E-state index is 9.88. The Kier molecular flexibility index (Phi) is 5.14. The fraction of sp³-hybridized carbons (Fsp3) is 0.0476. The Hall–Kier alpha value is -3.09. The first-order valence-corrected chi connectivity index (χ1v) is 9.70. The second-order valence-corrected chi connectivity index (χ2v) is 7.32.